The molecule has 0 aromatic carbocycles. The number of carbonyl (C=O) groups excluding carboxylic acids is 3. The number of ketones is 1. The summed E-state index contributed by atoms with van der Waals surface area (Å²) in [6.45, 7) is 4.87. The van der Waals surface area contributed by atoms with Crippen LogP contribution < -0.4 is 5.32 Å². The molecule has 2 aliphatic heterocycles. The lowest BCUT2D eigenvalue weighted by atomic mass is 9.94. The van der Waals surface area contributed by atoms with E-state index in [4.69, 9.17) is 19.7 Å². The first-order valence-electron chi connectivity index (χ1n) is 8.32. The van der Waals surface area contributed by atoms with Crippen molar-refractivity contribution in [2.75, 3.05) is 19.8 Å². The summed E-state index contributed by atoms with van der Waals surface area (Å²) >= 11 is 0. The highest BCUT2D eigenvalue weighted by Gasteiger charge is 2.45. The van der Waals surface area contributed by atoms with Crippen molar-refractivity contribution < 1.29 is 33.4 Å². The Morgan fingerprint density at radius 1 is 1.32 bits per heavy atom. The van der Waals surface area contributed by atoms with Gasteiger partial charge in [-0.3, -0.25) is 9.59 Å². The summed E-state index contributed by atoms with van der Waals surface area (Å²) in [5, 5.41) is 2.62. The van der Waals surface area contributed by atoms with E-state index in [9.17, 15) is 14.4 Å². The second-order valence-electron chi connectivity index (χ2n) is 6.51. The number of fused-ring (bicyclic) bond motifs is 1. The predicted molar refractivity (Wildman–Crippen MR) is 84.6 cm³/mol. The third-order valence-corrected chi connectivity index (χ3v) is 4.22. The van der Waals surface area contributed by atoms with Crippen molar-refractivity contribution in [3.8, 4) is 0 Å². The van der Waals surface area contributed by atoms with E-state index in [0.717, 1.165) is 6.21 Å². The Balaban J connectivity index is 1.98. The number of hydrogen-bond donors (Lipinski definition) is 1. The van der Waals surface area contributed by atoms with E-state index in [1.165, 1.54) is 0 Å². The molecule has 0 aliphatic carbocycles. The van der Waals surface area contributed by atoms with Crippen LogP contribution in [0, 0.1) is 11.8 Å². The van der Waals surface area contributed by atoms with Gasteiger partial charge < -0.3 is 25.1 Å². The number of amides is 1. The molecule has 4 atom stereocenters. The Morgan fingerprint density at radius 3 is 2.76 bits per heavy atom. The number of esters is 1. The van der Waals surface area contributed by atoms with Crippen molar-refractivity contribution in [2.45, 2.75) is 44.9 Å². The zero-order valence-corrected chi connectivity index (χ0v) is 14.3. The molecule has 9 heteroatoms. The molecule has 2 heterocycles. The average Bonchev–Trinajstić information content (AvgIpc) is 3.13. The average molecular weight is 353 g/mol. The van der Waals surface area contributed by atoms with Gasteiger partial charge in [0, 0.05) is 18.3 Å². The highest BCUT2D eigenvalue weighted by molar-refractivity contribution is 6.25. The van der Waals surface area contributed by atoms with Gasteiger partial charge in [-0.05, 0) is 20.3 Å². The van der Waals surface area contributed by atoms with Gasteiger partial charge in [0.15, 0.2) is 0 Å². The Bertz CT molecular complexity index is 572. The van der Waals surface area contributed by atoms with Crippen molar-refractivity contribution >= 4 is 23.9 Å². The van der Waals surface area contributed by atoms with Crippen LogP contribution in [0.25, 0.3) is 5.53 Å². The summed E-state index contributed by atoms with van der Waals surface area (Å²) < 4.78 is 16.1. The maximum absolute atomic E-state index is 12.5. The van der Waals surface area contributed by atoms with Crippen LogP contribution in [-0.2, 0) is 28.6 Å². The first-order chi connectivity index (χ1) is 11.9. The second-order valence-corrected chi connectivity index (χ2v) is 6.51. The maximum Gasteiger partial charge on any atom is 0.328 e. The van der Waals surface area contributed by atoms with Crippen LogP contribution in [0.4, 0.5) is 0 Å². The molecule has 138 valence electrons. The van der Waals surface area contributed by atoms with Gasteiger partial charge in [-0.1, -0.05) is 0 Å². The number of nitrogens with one attached hydrogen (secondary N) is 1. The molecule has 9 nitrogen and oxygen atoms in total. The smallest absolute Gasteiger partial charge is 0.328 e. The van der Waals surface area contributed by atoms with E-state index in [-0.39, 0.29) is 30.8 Å². The predicted octanol–water partition coefficient (Wildman–Crippen LogP) is -0.266. The zero-order valence-electron chi connectivity index (χ0n) is 14.3. The van der Waals surface area contributed by atoms with E-state index < -0.39 is 29.8 Å². The summed E-state index contributed by atoms with van der Waals surface area (Å²) in [5.74, 6) is -1.31. The molecular weight excluding hydrogens is 330 g/mol. The second kappa shape index (κ2) is 8.84. The van der Waals surface area contributed by atoms with Crippen LogP contribution in [0.3, 0.4) is 0 Å². The van der Waals surface area contributed by atoms with Gasteiger partial charge in [-0.15, -0.1) is 0 Å². The SMILES string of the molecule is CC(C)OC(=O)[C@H](CCC(=O)C=[N+]=[N-])NC(=O)[C@@H]1OCC2COCC21. The molecule has 1 N–H and O–H groups in total. The van der Waals surface area contributed by atoms with Crippen LogP contribution in [0.15, 0.2) is 0 Å². The molecule has 0 aromatic rings. The Morgan fingerprint density at radius 2 is 2.08 bits per heavy atom. The maximum atomic E-state index is 12.5. The van der Waals surface area contributed by atoms with Gasteiger partial charge in [0.2, 0.25) is 11.7 Å². The lowest BCUT2D eigenvalue weighted by molar-refractivity contribution is -0.153. The third-order valence-electron chi connectivity index (χ3n) is 4.22. The van der Waals surface area contributed by atoms with Gasteiger partial charge in [-0.25, -0.2) is 4.79 Å². The minimum Gasteiger partial charge on any atom is -0.461 e. The monoisotopic (exact) mass is 353 g/mol. The molecule has 1 amide bonds. The number of hydrogen-bond acceptors (Lipinski definition) is 6. The number of ether oxygens (including phenoxy) is 3. The first kappa shape index (κ1) is 19.2. The molecule has 0 bridgehead atoms. The molecule has 0 aromatic heterocycles. The molecule has 25 heavy (non-hydrogen) atoms. The van der Waals surface area contributed by atoms with Gasteiger partial charge in [-0.2, -0.15) is 4.79 Å². The van der Waals surface area contributed by atoms with Crippen LogP contribution in [0.5, 0.6) is 0 Å². The highest BCUT2D eigenvalue weighted by atomic mass is 16.5. The zero-order chi connectivity index (χ0) is 18.4. The van der Waals surface area contributed by atoms with Crippen LogP contribution >= 0.6 is 0 Å². The fourth-order valence-electron chi connectivity index (χ4n) is 2.98. The molecule has 0 radical (unpaired) electrons. The van der Waals surface area contributed by atoms with Gasteiger partial charge in [0.05, 0.1) is 25.9 Å². The summed E-state index contributed by atoms with van der Waals surface area (Å²) in [4.78, 5) is 38.8. The number of rotatable bonds is 8. The standard InChI is InChI=1S/C16H23N3O6/c1-9(2)25-16(22)13(4-3-11(20)5-18-17)19-15(21)14-12-8-23-6-10(12)7-24-14/h5,9-10,12-14H,3-4,6-8H2,1-2H3,(H,19,21)/t10?,12?,13-,14+/m0/s1. The van der Waals surface area contributed by atoms with Crippen LogP contribution in [-0.4, -0.2) is 66.7 Å². The normalized spacial score (nSPS) is 25.8. The molecule has 2 saturated heterocycles. The quantitative estimate of drug-likeness (QED) is 0.277. The highest BCUT2D eigenvalue weighted by Crippen LogP contribution is 2.32. The van der Waals surface area contributed by atoms with Crippen molar-refractivity contribution in [2.24, 2.45) is 11.8 Å². The first-order valence-corrected chi connectivity index (χ1v) is 8.32. The molecule has 2 aliphatic rings. The van der Waals surface area contributed by atoms with Crippen LogP contribution in [0.2, 0.25) is 0 Å². The summed E-state index contributed by atoms with van der Waals surface area (Å²) in [6.07, 6.45) is -0.288. The summed E-state index contributed by atoms with van der Waals surface area (Å²) in [5.41, 5.74) is 8.36. The van der Waals surface area contributed by atoms with E-state index in [2.05, 4.69) is 10.1 Å². The molecule has 2 fully saturated rings. The molecular formula is C16H23N3O6. The minimum absolute atomic E-state index is 0.0232. The lowest BCUT2D eigenvalue weighted by Gasteiger charge is -2.22. The Labute approximate surface area is 145 Å². The van der Waals surface area contributed by atoms with Crippen molar-refractivity contribution in [3.63, 3.8) is 0 Å². The fraction of sp³-hybridized carbons (Fsp3) is 0.750. The Hall–Kier alpha value is -2.09. The van der Waals surface area contributed by atoms with Crippen molar-refractivity contribution in [3.05, 3.63) is 5.53 Å². The van der Waals surface area contributed by atoms with Gasteiger partial charge >= 0.3 is 12.2 Å². The van der Waals surface area contributed by atoms with Gasteiger partial charge in [0.25, 0.3) is 0 Å². The molecule has 2 unspecified atom stereocenters. The van der Waals surface area contributed by atoms with Crippen molar-refractivity contribution in [1.82, 2.24) is 5.32 Å². The lowest BCUT2D eigenvalue weighted by Crippen LogP contribution is -2.48. The fourth-order valence-corrected chi connectivity index (χ4v) is 2.98. The third kappa shape index (κ3) is 5.19. The number of nitrogens with zero attached hydrogens (tertiary/aromatic N) is 2. The summed E-state index contributed by atoms with van der Waals surface area (Å²) in [7, 11) is 0. The van der Waals surface area contributed by atoms with E-state index in [1.807, 2.05) is 0 Å². The van der Waals surface area contributed by atoms with E-state index >= 15 is 0 Å². The van der Waals surface area contributed by atoms with Crippen molar-refractivity contribution in [1.29, 1.82) is 0 Å². The largest absolute Gasteiger partial charge is 0.461 e. The molecule has 2 rings (SSSR count). The topological polar surface area (TPSA) is 127 Å². The van der Waals surface area contributed by atoms with E-state index in [1.54, 1.807) is 13.8 Å². The molecule has 0 spiro atoms. The molecule has 0 saturated carbocycles. The number of carbonyl (C=O) groups is 3. The van der Waals surface area contributed by atoms with Crippen LogP contribution in [0.1, 0.15) is 26.7 Å². The Kier molecular flexibility index (Phi) is 6.81. The van der Waals surface area contributed by atoms with Gasteiger partial charge in [0.1, 0.15) is 12.1 Å². The van der Waals surface area contributed by atoms with E-state index in [0.29, 0.717) is 19.8 Å². The minimum atomic E-state index is -0.976. The summed E-state index contributed by atoms with van der Waals surface area (Å²) in [6, 6.07) is -0.976. The number of Topliss-reactive ketones (excluding diaryl/α,β-unsaturated/α-hetero) is 1.